The number of nitrogens with zero attached hydrogens (tertiary/aromatic N) is 4. The van der Waals surface area contributed by atoms with Crippen molar-refractivity contribution >= 4 is 23.6 Å². The summed E-state index contributed by atoms with van der Waals surface area (Å²) in [6.45, 7) is 2.10. The second-order valence-electron chi connectivity index (χ2n) is 5.82. The van der Waals surface area contributed by atoms with Gasteiger partial charge in [-0.05, 0) is 19.5 Å². The van der Waals surface area contributed by atoms with Crippen molar-refractivity contribution in [3.8, 4) is 0 Å². The Morgan fingerprint density at radius 1 is 1.37 bits per heavy atom. The number of nitrogens with one attached hydrogen (secondary N) is 2. The van der Waals surface area contributed by atoms with E-state index in [9.17, 15) is 18.0 Å². The molecule has 0 aromatic carbocycles. The van der Waals surface area contributed by atoms with Gasteiger partial charge in [-0.15, -0.1) is 0 Å². The molecule has 1 aliphatic rings. The number of amides is 1. The summed E-state index contributed by atoms with van der Waals surface area (Å²) in [5, 5.41) is 5.52. The number of anilines is 1. The van der Waals surface area contributed by atoms with Crippen LogP contribution in [0, 0.1) is 0 Å². The number of carbonyl (C=O) groups is 1. The summed E-state index contributed by atoms with van der Waals surface area (Å²) in [5.74, 6) is -0.304. The van der Waals surface area contributed by atoms with E-state index < -0.39 is 11.9 Å². The van der Waals surface area contributed by atoms with Crippen molar-refractivity contribution in [2.75, 3.05) is 44.7 Å². The number of rotatable bonds is 8. The van der Waals surface area contributed by atoms with Gasteiger partial charge in [-0.25, -0.2) is 9.97 Å². The van der Waals surface area contributed by atoms with Gasteiger partial charge in [-0.2, -0.15) is 13.2 Å². The molecule has 0 unspecified atom stereocenters. The Morgan fingerprint density at radius 2 is 2.11 bits per heavy atom. The average Bonchev–Trinajstić information content (AvgIpc) is 2.56. The summed E-state index contributed by atoms with van der Waals surface area (Å²) in [5.41, 5.74) is 4.66. The lowest BCUT2D eigenvalue weighted by Gasteiger charge is -2.31. The molecule has 0 radical (unpaired) electrons. The minimum absolute atomic E-state index is 0.000987. The number of alkyl halides is 3. The van der Waals surface area contributed by atoms with E-state index in [1.54, 1.807) is 11.9 Å². The Morgan fingerprint density at radius 3 is 2.67 bits per heavy atom. The maximum absolute atomic E-state index is 13.2. The molecule has 148 valence electrons. The first-order valence-electron chi connectivity index (χ1n) is 8.39. The summed E-state index contributed by atoms with van der Waals surface area (Å²) < 4.78 is 39.5. The minimum atomic E-state index is -4.61. The van der Waals surface area contributed by atoms with E-state index in [0.29, 0.717) is 26.2 Å². The van der Waals surface area contributed by atoms with Gasteiger partial charge in [-0.3, -0.25) is 9.79 Å². The number of hydrogen-bond acceptors (Lipinski definition) is 7. The Bertz CT molecular complexity index is 714. The molecule has 0 bridgehead atoms. The molecule has 1 aromatic rings. The lowest BCUT2D eigenvalue weighted by Crippen LogP contribution is -2.38. The number of likely N-dealkylation sites (N-methyl/N-ethyl adjacent to an activating group) is 1. The van der Waals surface area contributed by atoms with Crippen LogP contribution in [0.15, 0.2) is 17.3 Å². The largest absolute Gasteiger partial charge is 0.433 e. The number of aliphatic imine (C=N–C) groups is 1. The fourth-order valence-electron chi connectivity index (χ4n) is 2.19. The summed E-state index contributed by atoms with van der Waals surface area (Å²) >= 11 is 0. The molecule has 8 nitrogen and oxygen atoms in total. The van der Waals surface area contributed by atoms with Gasteiger partial charge in [0, 0.05) is 44.2 Å². The van der Waals surface area contributed by atoms with E-state index in [1.807, 2.05) is 0 Å². The second-order valence-corrected chi connectivity index (χ2v) is 5.82. The quantitative estimate of drug-likeness (QED) is 0.442. The topological polar surface area (TPSA) is 109 Å². The molecule has 1 aromatic heterocycles. The van der Waals surface area contributed by atoms with Crippen LogP contribution in [0.4, 0.5) is 19.1 Å². The van der Waals surface area contributed by atoms with Crippen LogP contribution in [0.1, 0.15) is 17.8 Å². The zero-order chi connectivity index (χ0) is 19.9. The van der Waals surface area contributed by atoms with Crippen molar-refractivity contribution in [1.82, 2.24) is 20.6 Å². The van der Waals surface area contributed by atoms with Gasteiger partial charge in [0.25, 0.3) is 0 Å². The Hall–Kier alpha value is -2.69. The number of aromatic nitrogens is 2. The third kappa shape index (κ3) is 5.91. The minimum Gasteiger partial charge on any atom is -0.404 e. The van der Waals surface area contributed by atoms with E-state index in [0.717, 1.165) is 18.7 Å². The lowest BCUT2D eigenvalue weighted by molar-refractivity contribution is -0.141. The summed E-state index contributed by atoms with van der Waals surface area (Å²) in [7, 11) is 1.76. The highest BCUT2D eigenvalue weighted by Gasteiger charge is 2.35. The maximum atomic E-state index is 13.2. The maximum Gasteiger partial charge on any atom is 0.433 e. The van der Waals surface area contributed by atoms with Crippen molar-refractivity contribution in [3.05, 3.63) is 23.7 Å². The molecule has 27 heavy (non-hydrogen) atoms. The molecule has 1 aliphatic heterocycles. The van der Waals surface area contributed by atoms with Crippen LogP contribution >= 0.6 is 0 Å². The highest BCUT2D eigenvalue weighted by atomic mass is 19.4. The van der Waals surface area contributed by atoms with Gasteiger partial charge in [-0.1, -0.05) is 0 Å². The number of halogens is 3. The molecular weight excluding hydrogens is 363 g/mol. The predicted octanol–water partition coefficient (Wildman–Crippen LogP) is 0.412. The zero-order valence-electron chi connectivity index (χ0n) is 14.9. The van der Waals surface area contributed by atoms with E-state index in [1.165, 1.54) is 6.21 Å². The molecule has 2 rings (SSSR count). The first kappa shape index (κ1) is 20.6. The third-order valence-corrected chi connectivity index (χ3v) is 3.78. The molecule has 0 atom stereocenters. The first-order valence-corrected chi connectivity index (χ1v) is 8.39. The van der Waals surface area contributed by atoms with Crippen LogP contribution in [0.5, 0.6) is 0 Å². The monoisotopic (exact) mass is 385 g/mol. The van der Waals surface area contributed by atoms with Crippen LogP contribution in [-0.2, 0) is 11.0 Å². The zero-order valence-corrected chi connectivity index (χ0v) is 14.9. The Kier molecular flexibility index (Phi) is 7.11. The van der Waals surface area contributed by atoms with E-state index in [4.69, 9.17) is 5.73 Å². The molecule has 1 saturated heterocycles. The van der Waals surface area contributed by atoms with Crippen LogP contribution in [0.25, 0.3) is 5.57 Å². The van der Waals surface area contributed by atoms with Crippen molar-refractivity contribution in [2.24, 2.45) is 10.7 Å². The lowest BCUT2D eigenvalue weighted by atomic mass is 10.2. The van der Waals surface area contributed by atoms with Crippen molar-refractivity contribution < 1.29 is 18.0 Å². The molecule has 1 fully saturated rings. The fourth-order valence-corrected chi connectivity index (χ4v) is 2.19. The highest BCUT2D eigenvalue weighted by molar-refractivity contribution is 6.09. The van der Waals surface area contributed by atoms with Crippen molar-refractivity contribution in [3.63, 3.8) is 0 Å². The van der Waals surface area contributed by atoms with E-state index >= 15 is 0 Å². The molecule has 11 heteroatoms. The summed E-state index contributed by atoms with van der Waals surface area (Å²) in [6, 6.07) is 0.820. The third-order valence-electron chi connectivity index (χ3n) is 3.78. The van der Waals surface area contributed by atoms with Gasteiger partial charge in [0.15, 0.2) is 5.69 Å². The van der Waals surface area contributed by atoms with E-state index in [2.05, 4.69) is 25.6 Å². The number of hydrogen-bond donors (Lipinski definition) is 3. The summed E-state index contributed by atoms with van der Waals surface area (Å²) in [6.07, 6.45) is -1.40. The summed E-state index contributed by atoms with van der Waals surface area (Å²) in [4.78, 5) is 25.0. The standard InChI is InChI=1S/C16H22F3N7O/c1-21-3-4-23-14(27)10-22-9-11(8-20)12-7-13(16(17,18)19)25-15(24-12)26-5-2-6-26/h7-9,21H,2-6,10,20H2,1H3,(H,23,27). The van der Waals surface area contributed by atoms with Crippen molar-refractivity contribution in [1.29, 1.82) is 0 Å². The molecule has 0 saturated carbocycles. The molecule has 0 aliphatic carbocycles. The first-order chi connectivity index (χ1) is 12.8. The number of nitrogens with two attached hydrogens (primary N) is 1. The Balaban J connectivity index is 2.15. The van der Waals surface area contributed by atoms with Gasteiger partial charge in [0.05, 0.1) is 5.69 Å². The fraction of sp³-hybridized carbons (Fsp3) is 0.500. The molecule has 4 N–H and O–H groups in total. The number of carbonyl (C=O) groups excluding carboxylic acids is 1. The van der Waals surface area contributed by atoms with Gasteiger partial charge < -0.3 is 21.3 Å². The Labute approximate surface area is 154 Å². The molecule has 0 spiro atoms. The van der Waals surface area contributed by atoms with Gasteiger partial charge >= 0.3 is 6.18 Å². The second kappa shape index (κ2) is 9.31. The van der Waals surface area contributed by atoms with Crippen LogP contribution < -0.4 is 21.3 Å². The molecule has 1 amide bonds. The highest BCUT2D eigenvalue weighted by Crippen LogP contribution is 2.31. The molecular formula is C16H22F3N7O. The van der Waals surface area contributed by atoms with Gasteiger partial charge in [0.2, 0.25) is 11.9 Å². The van der Waals surface area contributed by atoms with Crippen LogP contribution in [0.3, 0.4) is 0 Å². The van der Waals surface area contributed by atoms with Crippen molar-refractivity contribution in [2.45, 2.75) is 12.6 Å². The average molecular weight is 385 g/mol. The molecule has 2 heterocycles. The van der Waals surface area contributed by atoms with Gasteiger partial charge in [0.1, 0.15) is 6.54 Å². The van der Waals surface area contributed by atoms with Crippen LogP contribution in [-0.4, -0.2) is 61.9 Å². The number of allylic oxidation sites excluding steroid dienone is 1. The predicted molar refractivity (Wildman–Crippen MR) is 96.3 cm³/mol. The van der Waals surface area contributed by atoms with Crippen LogP contribution in [0.2, 0.25) is 0 Å². The normalized spacial score (nSPS) is 15.1. The van der Waals surface area contributed by atoms with E-state index in [-0.39, 0.29) is 29.7 Å². The smallest absolute Gasteiger partial charge is 0.404 e. The SMILES string of the molecule is CNCCNC(=O)CN=CC(=CN)c1cc(C(F)(F)F)nc(N2CCC2)n1.